The maximum Gasteiger partial charge on any atom is 0.276 e. The zero-order valence-corrected chi connectivity index (χ0v) is 17.9. The Morgan fingerprint density at radius 2 is 1.91 bits per heavy atom. The number of pyridine rings is 1. The first-order valence-corrected chi connectivity index (χ1v) is 10.8. The Morgan fingerprint density at radius 1 is 1.06 bits per heavy atom. The van der Waals surface area contributed by atoms with Crippen LogP contribution in [-0.4, -0.2) is 50.9 Å². The van der Waals surface area contributed by atoms with Gasteiger partial charge in [0, 0.05) is 43.6 Å². The lowest BCUT2D eigenvalue weighted by atomic mass is 9.83. The van der Waals surface area contributed by atoms with Gasteiger partial charge < -0.3 is 19.5 Å². The fourth-order valence-electron chi connectivity index (χ4n) is 4.60. The number of ether oxygens (including phenoxy) is 1. The second-order valence-corrected chi connectivity index (χ2v) is 8.33. The van der Waals surface area contributed by atoms with E-state index in [1.54, 1.807) is 10.6 Å². The van der Waals surface area contributed by atoms with E-state index in [0.717, 1.165) is 12.1 Å². The van der Waals surface area contributed by atoms with Crippen LogP contribution in [0, 0.1) is 5.92 Å². The van der Waals surface area contributed by atoms with Crippen LogP contribution in [0.5, 0.6) is 5.75 Å². The van der Waals surface area contributed by atoms with Crippen LogP contribution < -0.4 is 15.6 Å². The molecular formula is C24H23N5O4. The Balaban J connectivity index is 1.29. The zero-order valence-electron chi connectivity index (χ0n) is 17.9. The molecule has 0 aliphatic carbocycles. The van der Waals surface area contributed by atoms with E-state index >= 15 is 0 Å². The van der Waals surface area contributed by atoms with Gasteiger partial charge >= 0.3 is 0 Å². The number of hydrogen-bond acceptors (Lipinski definition) is 6. The van der Waals surface area contributed by atoms with Gasteiger partial charge in [0.25, 0.3) is 17.4 Å². The number of para-hydroxylation sites is 1. The highest BCUT2D eigenvalue weighted by Gasteiger charge is 2.36. The van der Waals surface area contributed by atoms with Gasteiger partial charge in [-0.15, -0.1) is 0 Å². The molecule has 0 spiro atoms. The number of nitrogens with zero attached hydrogens (tertiary/aromatic N) is 4. The van der Waals surface area contributed by atoms with Crippen LogP contribution in [-0.2, 0) is 11.3 Å². The highest BCUT2D eigenvalue weighted by molar-refractivity contribution is 6.02. The van der Waals surface area contributed by atoms with Crippen LogP contribution in [0.3, 0.4) is 0 Å². The Labute approximate surface area is 190 Å². The third-order valence-corrected chi connectivity index (χ3v) is 6.11. The SMILES string of the molecule is O=C(Nc1ccc2n(c1=O)C[C@@H]1C[C@@H]2CN(C(=O)COc2ccccc2)C1)c1cnccn1. The monoisotopic (exact) mass is 445 g/mol. The molecule has 2 bridgehead atoms. The summed E-state index contributed by atoms with van der Waals surface area (Å²) in [6.07, 6.45) is 5.18. The van der Waals surface area contributed by atoms with Gasteiger partial charge in [-0.2, -0.15) is 0 Å². The van der Waals surface area contributed by atoms with E-state index in [0.29, 0.717) is 25.4 Å². The fraction of sp³-hybridized carbons (Fsp3) is 0.292. The smallest absolute Gasteiger partial charge is 0.276 e. The molecule has 0 unspecified atom stereocenters. The number of rotatable bonds is 5. The van der Waals surface area contributed by atoms with E-state index in [-0.39, 0.29) is 41.3 Å². The number of piperidine rings is 1. The van der Waals surface area contributed by atoms with Crippen LogP contribution in [0.2, 0.25) is 0 Å². The summed E-state index contributed by atoms with van der Waals surface area (Å²) < 4.78 is 7.35. The number of carbonyl (C=O) groups excluding carboxylic acids is 2. The molecular weight excluding hydrogens is 422 g/mol. The second kappa shape index (κ2) is 8.85. The normalized spacial score (nSPS) is 18.8. The topological polar surface area (TPSA) is 106 Å². The third kappa shape index (κ3) is 4.34. The Hall–Kier alpha value is -4.01. The summed E-state index contributed by atoms with van der Waals surface area (Å²) in [4.78, 5) is 47.9. The molecule has 4 heterocycles. The minimum absolute atomic E-state index is 0.0103. The Morgan fingerprint density at radius 3 is 2.70 bits per heavy atom. The van der Waals surface area contributed by atoms with Crippen LogP contribution in [0.25, 0.3) is 0 Å². The van der Waals surface area contributed by atoms with Crippen molar-refractivity contribution < 1.29 is 14.3 Å². The van der Waals surface area contributed by atoms with Crippen molar-refractivity contribution in [1.29, 1.82) is 0 Å². The lowest BCUT2D eigenvalue weighted by Gasteiger charge is -2.42. The molecule has 1 N–H and O–H groups in total. The van der Waals surface area contributed by atoms with E-state index < -0.39 is 5.91 Å². The first kappa shape index (κ1) is 20.9. The van der Waals surface area contributed by atoms with Crippen LogP contribution in [0.4, 0.5) is 5.69 Å². The molecule has 2 amide bonds. The van der Waals surface area contributed by atoms with Crippen molar-refractivity contribution in [3.05, 3.63) is 82.8 Å². The van der Waals surface area contributed by atoms with Gasteiger partial charge in [-0.1, -0.05) is 18.2 Å². The van der Waals surface area contributed by atoms with Crippen molar-refractivity contribution >= 4 is 17.5 Å². The van der Waals surface area contributed by atoms with E-state index in [1.807, 2.05) is 41.3 Å². The lowest BCUT2D eigenvalue weighted by Crippen LogP contribution is -2.50. The highest BCUT2D eigenvalue weighted by atomic mass is 16.5. The summed E-state index contributed by atoms with van der Waals surface area (Å²) in [6, 6.07) is 12.8. The van der Waals surface area contributed by atoms with Gasteiger partial charge in [-0.05, 0) is 36.6 Å². The minimum atomic E-state index is -0.480. The average molecular weight is 445 g/mol. The molecule has 1 aromatic carbocycles. The summed E-state index contributed by atoms with van der Waals surface area (Å²) in [6.45, 7) is 1.61. The third-order valence-electron chi connectivity index (χ3n) is 6.11. The molecule has 168 valence electrons. The van der Waals surface area contributed by atoms with Gasteiger partial charge in [0.2, 0.25) is 0 Å². The minimum Gasteiger partial charge on any atom is -0.484 e. The molecule has 0 radical (unpaired) electrons. The molecule has 2 aliphatic heterocycles. The van der Waals surface area contributed by atoms with Crippen molar-refractivity contribution in [3.8, 4) is 5.75 Å². The van der Waals surface area contributed by atoms with E-state index in [1.165, 1.54) is 18.6 Å². The predicted molar refractivity (Wildman–Crippen MR) is 120 cm³/mol. The molecule has 0 saturated carbocycles. The molecule has 2 atom stereocenters. The number of fused-ring (bicyclic) bond motifs is 4. The molecule has 2 aliphatic rings. The molecule has 9 nitrogen and oxygen atoms in total. The molecule has 1 saturated heterocycles. The Bertz CT molecular complexity index is 1230. The number of carbonyl (C=O) groups is 2. The van der Waals surface area contributed by atoms with Gasteiger partial charge in [0.15, 0.2) is 6.61 Å². The van der Waals surface area contributed by atoms with Gasteiger partial charge in [0.05, 0.1) is 6.20 Å². The number of hydrogen-bond donors (Lipinski definition) is 1. The summed E-state index contributed by atoms with van der Waals surface area (Å²) in [5.74, 6) is 0.358. The number of nitrogens with one attached hydrogen (secondary N) is 1. The summed E-state index contributed by atoms with van der Waals surface area (Å²) in [5.41, 5.74) is 0.990. The zero-order chi connectivity index (χ0) is 22.8. The maximum absolute atomic E-state index is 13.1. The number of aromatic nitrogens is 3. The fourth-order valence-corrected chi connectivity index (χ4v) is 4.60. The number of benzene rings is 1. The largest absolute Gasteiger partial charge is 0.484 e. The summed E-state index contributed by atoms with van der Waals surface area (Å²) in [7, 11) is 0. The number of anilines is 1. The van der Waals surface area contributed by atoms with Crippen molar-refractivity contribution in [2.45, 2.75) is 18.9 Å². The van der Waals surface area contributed by atoms with E-state index in [2.05, 4.69) is 15.3 Å². The second-order valence-electron chi connectivity index (χ2n) is 8.33. The van der Waals surface area contributed by atoms with E-state index in [9.17, 15) is 14.4 Å². The number of likely N-dealkylation sites (tertiary alicyclic amines) is 1. The standard InChI is InChI=1S/C24H23N5O4/c30-22(15-33-18-4-2-1-3-5-18)28-12-16-10-17(14-28)21-7-6-19(24(32)29(21)13-16)27-23(31)20-11-25-8-9-26-20/h1-9,11,16-17H,10,12-15H2,(H,27,31)/t16-,17-/m1/s1. The van der Waals surface area contributed by atoms with Gasteiger partial charge in [-0.3, -0.25) is 19.4 Å². The Kier molecular flexibility index (Phi) is 5.60. The summed E-state index contributed by atoms with van der Waals surface area (Å²) >= 11 is 0. The quantitative estimate of drug-likeness (QED) is 0.643. The van der Waals surface area contributed by atoms with Crippen LogP contribution in [0.1, 0.15) is 28.5 Å². The highest BCUT2D eigenvalue weighted by Crippen LogP contribution is 2.35. The first-order valence-electron chi connectivity index (χ1n) is 10.8. The van der Waals surface area contributed by atoms with Gasteiger partial charge in [-0.25, -0.2) is 4.98 Å². The van der Waals surface area contributed by atoms with Gasteiger partial charge in [0.1, 0.15) is 17.1 Å². The summed E-state index contributed by atoms with van der Waals surface area (Å²) in [5, 5.41) is 2.65. The molecule has 1 fully saturated rings. The maximum atomic E-state index is 13.1. The lowest BCUT2D eigenvalue weighted by molar-refractivity contribution is -0.136. The van der Waals surface area contributed by atoms with Crippen molar-refractivity contribution in [2.24, 2.45) is 5.92 Å². The van der Waals surface area contributed by atoms with Crippen molar-refractivity contribution in [2.75, 3.05) is 25.0 Å². The molecule has 5 rings (SSSR count). The molecule has 2 aromatic heterocycles. The first-order chi connectivity index (χ1) is 16.1. The van der Waals surface area contributed by atoms with Crippen LogP contribution in [0.15, 0.2) is 65.8 Å². The average Bonchev–Trinajstić information content (AvgIpc) is 2.85. The molecule has 33 heavy (non-hydrogen) atoms. The van der Waals surface area contributed by atoms with E-state index in [4.69, 9.17) is 4.74 Å². The van der Waals surface area contributed by atoms with Crippen molar-refractivity contribution in [3.63, 3.8) is 0 Å². The van der Waals surface area contributed by atoms with Crippen molar-refractivity contribution in [1.82, 2.24) is 19.4 Å². The van der Waals surface area contributed by atoms with Crippen LogP contribution >= 0.6 is 0 Å². The molecule has 3 aromatic rings. The molecule has 9 heteroatoms. The number of amides is 2. The predicted octanol–water partition coefficient (Wildman–Crippen LogP) is 1.92.